The number of phenols is 1. The molecular weight excluding hydrogens is 305 g/mol. The summed E-state index contributed by atoms with van der Waals surface area (Å²) < 4.78 is 0.639. The molecule has 17 heavy (non-hydrogen) atoms. The molecule has 6 heteroatoms. The molecule has 0 fully saturated rings. The van der Waals surface area contributed by atoms with Crippen LogP contribution in [0.25, 0.3) is 0 Å². The topological polar surface area (TPSA) is 58.0 Å². The second-order valence-electron chi connectivity index (χ2n) is 3.35. The van der Waals surface area contributed by atoms with Crippen LogP contribution in [-0.2, 0) is 6.54 Å². The van der Waals surface area contributed by atoms with Crippen LogP contribution in [0.1, 0.15) is 5.56 Å². The molecule has 1 heterocycles. The molecule has 88 valence electrons. The Morgan fingerprint density at radius 2 is 1.94 bits per heavy atom. The van der Waals surface area contributed by atoms with Gasteiger partial charge in [0.2, 0.25) is 0 Å². The van der Waals surface area contributed by atoms with Gasteiger partial charge in [0.05, 0.1) is 4.47 Å². The van der Waals surface area contributed by atoms with Crippen molar-refractivity contribution in [3.05, 3.63) is 45.8 Å². The number of benzene rings is 1. The molecular formula is C11H9BrClN3O. The van der Waals surface area contributed by atoms with E-state index < -0.39 is 0 Å². The van der Waals surface area contributed by atoms with E-state index in [4.69, 9.17) is 16.7 Å². The summed E-state index contributed by atoms with van der Waals surface area (Å²) in [4.78, 5) is 7.91. The van der Waals surface area contributed by atoms with Gasteiger partial charge in [0.25, 0.3) is 0 Å². The van der Waals surface area contributed by atoms with Crippen LogP contribution in [0.15, 0.2) is 35.1 Å². The standard InChI is InChI=1S/C11H9BrClN3O/c12-9-10(13)15-6-16-11(9)14-5-7-1-3-8(17)4-2-7/h1-4,6,17H,5H2,(H,14,15,16). The molecule has 0 saturated carbocycles. The minimum Gasteiger partial charge on any atom is -0.508 e. The smallest absolute Gasteiger partial charge is 0.148 e. The third-order valence-corrected chi connectivity index (χ3v) is 3.41. The van der Waals surface area contributed by atoms with Crippen LogP contribution in [-0.4, -0.2) is 15.1 Å². The molecule has 2 N–H and O–H groups in total. The maximum Gasteiger partial charge on any atom is 0.148 e. The zero-order chi connectivity index (χ0) is 12.3. The summed E-state index contributed by atoms with van der Waals surface area (Å²) in [5.74, 6) is 0.887. The predicted molar refractivity (Wildman–Crippen MR) is 70.2 cm³/mol. The van der Waals surface area contributed by atoms with E-state index in [0.717, 1.165) is 5.56 Å². The molecule has 0 unspecified atom stereocenters. The van der Waals surface area contributed by atoms with E-state index in [-0.39, 0.29) is 5.75 Å². The number of anilines is 1. The van der Waals surface area contributed by atoms with E-state index in [1.54, 1.807) is 12.1 Å². The third kappa shape index (κ3) is 3.08. The average molecular weight is 315 g/mol. The summed E-state index contributed by atoms with van der Waals surface area (Å²) in [6.45, 7) is 0.590. The molecule has 0 radical (unpaired) electrons. The van der Waals surface area contributed by atoms with Gasteiger partial charge in [-0.05, 0) is 33.6 Å². The first-order chi connectivity index (χ1) is 8.16. The molecule has 0 amide bonds. The summed E-state index contributed by atoms with van der Waals surface area (Å²) in [6, 6.07) is 6.94. The number of hydrogen-bond acceptors (Lipinski definition) is 4. The summed E-state index contributed by atoms with van der Waals surface area (Å²) in [5, 5.41) is 12.7. The molecule has 0 aliphatic rings. The molecule has 1 aromatic carbocycles. The van der Waals surface area contributed by atoms with Crippen molar-refractivity contribution in [3.63, 3.8) is 0 Å². The van der Waals surface area contributed by atoms with Crippen molar-refractivity contribution >= 4 is 33.3 Å². The second-order valence-corrected chi connectivity index (χ2v) is 4.50. The molecule has 2 rings (SSSR count). The molecule has 0 aliphatic heterocycles. The Hall–Kier alpha value is -1.33. The normalized spacial score (nSPS) is 10.2. The van der Waals surface area contributed by atoms with Gasteiger partial charge in [-0.15, -0.1) is 0 Å². The minimum absolute atomic E-state index is 0.250. The molecule has 2 aromatic rings. The first-order valence-corrected chi connectivity index (χ1v) is 6.01. The number of phenolic OH excluding ortho intramolecular Hbond substituents is 1. The van der Waals surface area contributed by atoms with Crippen molar-refractivity contribution in [1.82, 2.24) is 9.97 Å². The maximum atomic E-state index is 9.16. The van der Waals surface area contributed by atoms with Gasteiger partial charge in [0.15, 0.2) is 0 Å². The Balaban J connectivity index is 2.07. The van der Waals surface area contributed by atoms with E-state index in [9.17, 15) is 0 Å². The lowest BCUT2D eigenvalue weighted by molar-refractivity contribution is 0.475. The quantitative estimate of drug-likeness (QED) is 0.854. The number of aromatic nitrogens is 2. The molecule has 4 nitrogen and oxygen atoms in total. The third-order valence-electron chi connectivity index (χ3n) is 2.14. The fraction of sp³-hybridized carbons (Fsp3) is 0.0909. The summed E-state index contributed by atoms with van der Waals surface area (Å²) in [7, 11) is 0. The Bertz CT molecular complexity index is 519. The monoisotopic (exact) mass is 313 g/mol. The van der Waals surface area contributed by atoms with E-state index in [1.807, 2.05) is 12.1 Å². The van der Waals surface area contributed by atoms with Crippen molar-refractivity contribution in [2.75, 3.05) is 5.32 Å². The molecule has 0 spiro atoms. The Morgan fingerprint density at radius 1 is 1.24 bits per heavy atom. The van der Waals surface area contributed by atoms with Gasteiger partial charge in [0.1, 0.15) is 23.0 Å². The van der Waals surface area contributed by atoms with Gasteiger partial charge >= 0.3 is 0 Å². The van der Waals surface area contributed by atoms with Crippen LogP contribution in [0.2, 0.25) is 5.15 Å². The predicted octanol–water partition coefficient (Wildman–Crippen LogP) is 3.21. The fourth-order valence-corrected chi connectivity index (χ4v) is 1.75. The number of nitrogens with zero attached hydrogens (tertiary/aromatic N) is 2. The van der Waals surface area contributed by atoms with Crippen molar-refractivity contribution in [2.24, 2.45) is 0 Å². The molecule has 0 bridgehead atoms. The van der Waals surface area contributed by atoms with Crippen molar-refractivity contribution in [1.29, 1.82) is 0 Å². The van der Waals surface area contributed by atoms with Crippen molar-refractivity contribution in [3.8, 4) is 5.75 Å². The molecule has 0 atom stereocenters. The average Bonchev–Trinajstić information content (AvgIpc) is 2.33. The summed E-state index contributed by atoms with van der Waals surface area (Å²) >= 11 is 9.15. The Morgan fingerprint density at radius 3 is 2.65 bits per heavy atom. The van der Waals surface area contributed by atoms with Crippen LogP contribution in [0.5, 0.6) is 5.75 Å². The van der Waals surface area contributed by atoms with Gasteiger partial charge in [-0.25, -0.2) is 9.97 Å². The SMILES string of the molecule is Oc1ccc(CNc2ncnc(Cl)c2Br)cc1. The fourth-order valence-electron chi connectivity index (χ4n) is 1.27. The van der Waals surface area contributed by atoms with Gasteiger partial charge in [0, 0.05) is 6.54 Å². The van der Waals surface area contributed by atoms with Crippen molar-refractivity contribution < 1.29 is 5.11 Å². The van der Waals surface area contributed by atoms with Gasteiger partial charge in [-0.1, -0.05) is 23.7 Å². The van der Waals surface area contributed by atoms with E-state index in [0.29, 0.717) is 22.0 Å². The van der Waals surface area contributed by atoms with Crippen LogP contribution in [0.3, 0.4) is 0 Å². The highest BCUT2D eigenvalue weighted by Gasteiger charge is 2.05. The Labute approximate surface area is 112 Å². The Kier molecular flexibility index (Phi) is 3.81. The largest absolute Gasteiger partial charge is 0.508 e. The van der Waals surface area contributed by atoms with Gasteiger partial charge in [-0.3, -0.25) is 0 Å². The number of nitrogens with one attached hydrogen (secondary N) is 1. The first-order valence-electron chi connectivity index (χ1n) is 4.84. The lowest BCUT2D eigenvalue weighted by Gasteiger charge is -2.07. The lowest BCUT2D eigenvalue weighted by Crippen LogP contribution is -2.02. The van der Waals surface area contributed by atoms with E-state index >= 15 is 0 Å². The van der Waals surface area contributed by atoms with Crippen LogP contribution in [0, 0.1) is 0 Å². The van der Waals surface area contributed by atoms with Crippen molar-refractivity contribution in [2.45, 2.75) is 6.54 Å². The lowest BCUT2D eigenvalue weighted by atomic mass is 10.2. The molecule has 0 saturated heterocycles. The maximum absolute atomic E-state index is 9.16. The summed E-state index contributed by atoms with van der Waals surface area (Å²) in [5.41, 5.74) is 1.03. The highest BCUT2D eigenvalue weighted by atomic mass is 79.9. The van der Waals surface area contributed by atoms with Gasteiger partial charge in [-0.2, -0.15) is 0 Å². The zero-order valence-electron chi connectivity index (χ0n) is 8.69. The molecule has 1 aromatic heterocycles. The summed E-state index contributed by atoms with van der Waals surface area (Å²) in [6.07, 6.45) is 1.40. The van der Waals surface area contributed by atoms with Crippen LogP contribution in [0.4, 0.5) is 5.82 Å². The second kappa shape index (κ2) is 5.33. The number of hydrogen-bond donors (Lipinski definition) is 2. The first kappa shape index (κ1) is 12.1. The van der Waals surface area contributed by atoms with Gasteiger partial charge < -0.3 is 10.4 Å². The van der Waals surface area contributed by atoms with E-state index in [2.05, 4.69) is 31.2 Å². The number of aromatic hydroxyl groups is 1. The highest BCUT2D eigenvalue weighted by molar-refractivity contribution is 9.10. The van der Waals surface area contributed by atoms with Crippen LogP contribution < -0.4 is 5.32 Å². The number of rotatable bonds is 3. The zero-order valence-corrected chi connectivity index (χ0v) is 11.0. The number of halogens is 2. The highest BCUT2D eigenvalue weighted by Crippen LogP contribution is 2.26. The van der Waals surface area contributed by atoms with Crippen LogP contribution >= 0.6 is 27.5 Å². The molecule has 0 aliphatic carbocycles. The minimum atomic E-state index is 0.250. The van der Waals surface area contributed by atoms with E-state index in [1.165, 1.54) is 6.33 Å².